The van der Waals surface area contributed by atoms with E-state index in [1.54, 1.807) is 0 Å². The smallest absolute Gasteiger partial charge is 0.419 e. The van der Waals surface area contributed by atoms with Gasteiger partial charge in [0.15, 0.2) is 0 Å². The van der Waals surface area contributed by atoms with Crippen molar-refractivity contribution in [2.75, 3.05) is 0 Å². The van der Waals surface area contributed by atoms with Gasteiger partial charge < -0.3 is 5.11 Å². The van der Waals surface area contributed by atoms with Crippen LogP contribution >= 0.6 is 0 Å². The van der Waals surface area contributed by atoms with E-state index in [1.807, 2.05) is 57.9 Å². The molecule has 0 atom stereocenters. The third-order valence-electron chi connectivity index (χ3n) is 4.13. The zero-order valence-electron chi connectivity index (χ0n) is 13.5. The summed E-state index contributed by atoms with van der Waals surface area (Å²) in [5.41, 5.74) is 2.41. The number of carboxylic acids is 1. The Labute approximate surface area is 141 Å². The minimum Gasteiger partial charge on any atom is -0.472 e. The zero-order valence-corrected chi connectivity index (χ0v) is 13.5. The molecule has 0 unspecified atom stereocenters. The molecule has 4 nitrogen and oxygen atoms in total. The molecular weight excluding hydrogens is 300 g/mol. The summed E-state index contributed by atoms with van der Waals surface area (Å²) in [5.74, 6) is -0.553. The second-order valence-corrected chi connectivity index (χ2v) is 5.78. The van der Waals surface area contributed by atoms with Gasteiger partial charge in [0.05, 0.1) is 13.1 Å². The Morgan fingerprint density at radius 1 is 0.917 bits per heavy atom. The molecule has 0 aliphatic rings. The van der Waals surface area contributed by atoms with E-state index in [9.17, 15) is 9.90 Å². The summed E-state index contributed by atoms with van der Waals surface area (Å²) < 4.78 is 3.64. The van der Waals surface area contributed by atoms with Gasteiger partial charge in [-0.2, -0.15) is 0 Å². The predicted molar refractivity (Wildman–Crippen MR) is 91.9 cm³/mol. The highest BCUT2D eigenvalue weighted by Gasteiger charge is 2.24. The van der Waals surface area contributed by atoms with Gasteiger partial charge in [-0.05, 0) is 11.1 Å². The molecule has 1 aromatic heterocycles. The maximum absolute atomic E-state index is 11.7. The third kappa shape index (κ3) is 3.90. The van der Waals surface area contributed by atoms with Crippen LogP contribution in [0.2, 0.25) is 0 Å². The zero-order chi connectivity index (χ0) is 16.8. The van der Waals surface area contributed by atoms with Crippen molar-refractivity contribution < 1.29 is 14.5 Å². The second-order valence-electron chi connectivity index (χ2n) is 5.78. The van der Waals surface area contributed by atoms with Crippen molar-refractivity contribution in [3.63, 3.8) is 0 Å². The highest BCUT2D eigenvalue weighted by atomic mass is 16.4. The maximum atomic E-state index is 11.7. The first-order chi connectivity index (χ1) is 11.7. The molecule has 2 aromatic carbocycles. The summed E-state index contributed by atoms with van der Waals surface area (Å²) in [5, 5.41) is 9.59. The topological polar surface area (TPSA) is 46.1 Å². The van der Waals surface area contributed by atoms with Gasteiger partial charge in [-0.3, -0.25) is 0 Å². The molecule has 3 aromatic rings. The fourth-order valence-corrected chi connectivity index (χ4v) is 2.86. The van der Waals surface area contributed by atoms with Gasteiger partial charge in [-0.15, -0.1) is 0 Å². The van der Waals surface area contributed by atoms with Crippen LogP contribution in [-0.4, -0.2) is 15.6 Å². The number of nitrogens with zero attached hydrogens (tertiary/aromatic N) is 2. The van der Waals surface area contributed by atoms with Crippen molar-refractivity contribution in [2.24, 2.45) is 0 Å². The lowest BCUT2D eigenvalue weighted by molar-refractivity contribution is -0.698. The van der Waals surface area contributed by atoms with E-state index in [0.29, 0.717) is 18.9 Å². The molecule has 122 valence electrons. The number of hydrogen-bond acceptors (Lipinski definition) is 1. The summed E-state index contributed by atoms with van der Waals surface area (Å²) in [6.45, 7) is 1.31. The standard InChI is InChI=1S/C20H20N2O2/c23-20(24)19-21(13-11-17-7-3-1-4-8-17)15-16-22(19)14-12-18-9-5-2-6-10-18/h1-10,15-16H,11-14H2/p+1. The number of hydrogen-bond donors (Lipinski definition) is 1. The van der Waals surface area contributed by atoms with Gasteiger partial charge in [0.2, 0.25) is 0 Å². The number of imidazole rings is 1. The molecule has 0 saturated carbocycles. The molecule has 1 heterocycles. The first kappa shape index (κ1) is 16.0. The SMILES string of the molecule is O=C(O)c1n(CCc2ccccc2)cc[n+]1CCc1ccccc1. The van der Waals surface area contributed by atoms with Crippen molar-refractivity contribution in [2.45, 2.75) is 25.9 Å². The quantitative estimate of drug-likeness (QED) is 0.680. The summed E-state index contributed by atoms with van der Waals surface area (Å²) in [4.78, 5) is 11.7. The molecule has 4 heteroatoms. The van der Waals surface area contributed by atoms with E-state index in [2.05, 4.69) is 24.3 Å². The molecule has 0 aliphatic carbocycles. The van der Waals surface area contributed by atoms with E-state index in [0.717, 1.165) is 12.8 Å². The average molecular weight is 321 g/mol. The van der Waals surface area contributed by atoms with Crippen molar-refractivity contribution in [3.05, 3.63) is 90.0 Å². The van der Waals surface area contributed by atoms with Gasteiger partial charge in [-0.1, -0.05) is 60.7 Å². The summed E-state index contributed by atoms with van der Waals surface area (Å²) >= 11 is 0. The molecule has 0 fully saturated rings. The van der Waals surface area contributed by atoms with Crippen LogP contribution in [0.15, 0.2) is 73.1 Å². The Hall–Kier alpha value is -2.88. The minimum absolute atomic E-state index is 0.335. The van der Waals surface area contributed by atoms with Gasteiger partial charge >= 0.3 is 11.8 Å². The molecule has 0 radical (unpaired) electrons. The lowest BCUT2D eigenvalue weighted by Gasteiger charge is -2.03. The van der Waals surface area contributed by atoms with Crippen molar-refractivity contribution >= 4 is 5.97 Å². The number of aromatic carboxylic acids is 1. The Morgan fingerprint density at radius 2 is 1.50 bits per heavy atom. The average Bonchev–Trinajstić information content (AvgIpc) is 3.03. The van der Waals surface area contributed by atoms with Crippen LogP contribution in [0.1, 0.15) is 21.7 Å². The van der Waals surface area contributed by atoms with Crippen LogP contribution in [0.25, 0.3) is 0 Å². The first-order valence-electron chi connectivity index (χ1n) is 8.14. The summed E-state index contributed by atoms with van der Waals surface area (Å²) in [7, 11) is 0. The van der Waals surface area contributed by atoms with E-state index < -0.39 is 5.97 Å². The van der Waals surface area contributed by atoms with E-state index >= 15 is 0 Å². The van der Waals surface area contributed by atoms with Crippen LogP contribution in [0.5, 0.6) is 0 Å². The fourth-order valence-electron chi connectivity index (χ4n) is 2.86. The predicted octanol–water partition coefficient (Wildman–Crippen LogP) is 2.96. The number of aryl methyl sites for hydroxylation is 4. The largest absolute Gasteiger partial charge is 0.472 e. The minimum atomic E-state index is -0.888. The molecular formula is C20H21N2O2+. The van der Waals surface area contributed by atoms with Gasteiger partial charge in [0.25, 0.3) is 0 Å². The summed E-state index contributed by atoms with van der Waals surface area (Å²) in [6.07, 6.45) is 5.34. The van der Waals surface area contributed by atoms with E-state index in [4.69, 9.17) is 0 Å². The van der Waals surface area contributed by atoms with Gasteiger partial charge in [0.1, 0.15) is 12.4 Å². The number of carboxylic acid groups (broad SMARTS) is 1. The number of aromatic nitrogens is 2. The molecule has 3 rings (SSSR count). The number of carbonyl (C=O) groups is 1. The molecule has 0 bridgehead atoms. The lowest BCUT2D eigenvalue weighted by atomic mass is 10.1. The number of rotatable bonds is 7. The maximum Gasteiger partial charge on any atom is 0.419 e. The lowest BCUT2D eigenvalue weighted by Crippen LogP contribution is -2.40. The molecule has 0 spiro atoms. The van der Waals surface area contributed by atoms with Crippen LogP contribution in [0.4, 0.5) is 0 Å². The van der Waals surface area contributed by atoms with E-state index in [-0.39, 0.29) is 0 Å². The van der Waals surface area contributed by atoms with E-state index in [1.165, 1.54) is 11.1 Å². The molecule has 0 aliphatic heterocycles. The second kappa shape index (κ2) is 7.59. The third-order valence-corrected chi connectivity index (χ3v) is 4.13. The first-order valence-corrected chi connectivity index (χ1v) is 8.14. The Balaban J connectivity index is 1.71. The van der Waals surface area contributed by atoms with Crippen LogP contribution in [-0.2, 0) is 25.9 Å². The van der Waals surface area contributed by atoms with Crippen molar-refractivity contribution in [1.29, 1.82) is 0 Å². The Bertz CT molecular complexity index is 734. The van der Waals surface area contributed by atoms with Crippen LogP contribution < -0.4 is 4.57 Å². The molecule has 24 heavy (non-hydrogen) atoms. The number of benzene rings is 2. The van der Waals surface area contributed by atoms with Crippen LogP contribution in [0, 0.1) is 0 Å². The molecule has 1 N–H and O–H groups in total. The van der Waals surface area contributed by atoms with Crippen molar-refractivity contribution in [1.82, 2.24) is 4.57 Å². The highest BCUT2D eigenvalue weighted by Crippen LogP contribution is 2.05. The molecule has 0 saturated heterocycles. The highest BCUT2D eigenvalue weighted by molar-refractivity contribution is 5.81. The monoisotopic (exact) mass is 321 g/mol. The normalized spacial score (nSPS) is 10.7. The molecule has 0 amide bonds. The summed E-state index contributed by atoms with van der Waals surface area (Å²) in [6, 6.07) is 20.2. The van der Waals surface area contributed by atoms with Gasteiger partial charge in [-0.25, -0.2) is 13.9 Å². The Morgan fingerprint density at radius 3 is 2.08 bits per heavy atom. The van der Waals surface area contributed by atoms with Crippen LogP contribution in [0.3, 0.4) is 0 Å². The van der Waals surface area contributed by atoms with Crippen molar-refractivity contribution in [3.8, 4) is 0 Å². The fraction of sp³-hybridized carbons (Fsp3) is 0.200. The Kier molecular flexibility index (Phi) is 5.06. The van der Waals surface area contributed by atoms with Gasteiger partial charge in [0, 0.05) is 12.8 Å².